The van der Waals surface area contributed by atoms with E-state index in [0.717, 1.165) is 92.3 Å². The lowest BCUT2D eigenvalue weighted by atomic mass is 9.95. The van der Waals surface area contributed by atoms with Gasteiger partial charge in [0.25, 0.3) is 11.8 Å². The summed E-state index contributed by atoms with van der Waals surface area (Å²) in [4.78, 5) is 40.1. The van der Waals surface area contributed by atoms with Gasteiger partial charge in [0, 0.05) is 43.7 Å². The maximum atomic E-state index is 15.3. The zero-order valence-electron chi connectivity index (χ0n) is 46.9. The number of fused-ring (bicyclic) bond motifs is 2. The van der Waals surface area contributed by atoms with Gasteiger partial charge in [-0.05, 0) is 111 Å². The number of carbonyl (C=O) groups excluding carboxylic acids is 2. The molecule has 2 aromatic carbocycles. The molecule has 0 saturated heterocycles. The number of aryl methyl sites for hydroxylation is 4. The summed E-state index contributed by atoms with van der Waals surface area (Å²) in [6.45, 7) is 19.4. The topological polar surface area (TPSA) is 40.6 Å². The quantitative estimate of drug-likeness (QED) is 0.0336. The molecule has 0 spiro atoms. The van der Waals surface area contributed by atoms with Crippen LogP contribution in [0.25, 0.3) is 31.3 Å². The van der Waals surface area contributed by atoms with Gasteiger partial charge < -0.3 is 9.80 Å². The summed E-state index contributed by atoms with van der Waals surface area (Å²) >= 11 is 3.98. The van der Waals surface area contributed by atoms with E-state index < -0.39 is 0 Å². The highest BCUT2D eigenvalue weighted by Crippen LogP contribution is 2.50. The predicted octanol–water partition coefficient (Wildman–Crippen LogP) is 20.7. The minimum Gasteiger partial charge on any atom is -0.307 e. The molecule has 4 aromatic rings. The van der Waals surface area contributed by atoms with Gasteiger partial charge in [-0.3, -0.25) is 9.59 Å². The highest BCUT2D eigenvalue weighted by atomic mass is 32.1. The Morgan fingerprint density at radius 1 is 0.444 bits per heavy atom. The summed E-state index contributed by atoms with van der Waals surface area (Å²) in [5.74, 6) is 0.788. The van der Waals surface area contributed by atoms with Crippen LogP contribution in [0.5, 0.6) is 0 Å². The van der Waals surface area contributed by atoms with Crippen molar-refractivity contribution in [3.8, 4) is 20.2 Å². The first-order valence-electron chi connectivity index (χ1n) is 30.0. The Bertz CT molecular complexity index is 2310. The molecule has 0 N–H and O–H groups in total. The van der Waals surface area contributed by atoms with Gasteiger partial charge >= 0.3 is 0 Å². The fourth-order valence-electron chi connectivity index (χ4n) is 11.6. The first-order chi connectivity index (χ1) is 35.2. The van der Waals surface area contributed by atoms with Gasteiger partial charge in [-0.25, -0.2) is 0 Å². The molecule has 0 bridgehead atoms. The Hall–Kier alpha value is -3.48. The van der Waals surface area contributed by atoms with Crippen molar-refractivity contribution < 1.29 is 9.59 Å². The van der Waals surface area contributed by atoms with E-state index in [1.165, 1.54) is 165 Å². The number of benzene rings is 2. The van der Waals surface area contributed by atoms with Crippen LogP contribution in [0.15, 0.2) is 48.5 Å². The number of anilines is 2. The molecule has 0 aliphatic carbocycles. The highest BCUT2D eigenvalue weighted by Gasteiger charge is 2.43. The molecule has 4 heterocycles. The third-order valence-electron chi connectivity index (χ3n) is 16.2. The molecule has 4 nitrogen and oxygen atoms in total. The molecule has 2 aromatic heterocycles. The monoisotopic (exact) mass is 1010 g/mol. The van der Waals surface area contributed by atoms with Gasteiger partial charge in [0.1, 0.15) is 0 Å². The number of rotatable bonds is 36. The van der Waals surface area contributed by atoms with Crippen molar-refractivity contribution in [1.29, 1.82) is 0 Å². The molecule has 72 heavy (non-hydrogen) atoms. The Balaban J connectivity index is 1.34. The third kappa shape index (κ3) is 15.8. The molecule has 6 rings (SSSR count). The maximum absolute atomic E-state index is 15.3. The Morgan fingerprint density at radius 2 is 0.861 bits per heavy atom. The van der Waals surface area contributed by atoms with Crippen LogP contribution in [-0.4, -0.2) is 24.9 Å². The minimum absolute atomic E-state index is 0.00830. The molecule has 2 aliphatic heterocycles. The number of hydrogen-bond donors (Lipinski definition) is 0. The molecule has 0 saturated carbocycles. The fourth-order valence-corrected chi connectivity index (χ4v) is 14.1. The second-order valence-electron chi connectivity index (χ2n) is 22.2. The zero-order valence-corrected chi connectivity index (χ0v) is 48.6. The molecule has 6 heteroatoms. The van der Waals surface area contributed by atoms with E-state index in [1.807, 2.05) is 27.6 Å². The lowest BCUT2D eigenvalue weighted by molar-refractivity contribution is -0.114. The van der Waals surface area contributed by atoms with Crippen LogP contribution in [0.4, 0.5) is 11.4 Å². The van der Waals surface area contributed by atoms with Gasteiger partial charge in [0.05, 0.1) is 22.5 Å². The van der Waals surface area contributed by atoms with Gasteiger partial charge in [0.15, 0.2) is 0 Å². The Morgan fingerprint density at radius 3 is 1.33 bits per heavy atom. The molecule has 2 aliphatic rings. The summed E-state index contributed by atoms with van der Waals surface area (Å²) in [5.41, 5.74) is 10.3. The maximum Gasteiger partial charge on any atom is 0.259 e. The third-order valence-corrected chi connectivity index (χ3v) is 18.7. The fraction of sp³-hybridized carbons (Fsp3) is 0.636. The van der Waals surface area contributed by atoms with E-state index in [4.69, 9.17) is 0 Å². The average molecular weight is 1020 g/mol. The van der Waals surface area contributed by atoms with Gasteiger partial charge in [0.2, 0.25) is 0 Å². The number of hydrogen-bond acceptors (Lipinski definition) is 4. The molecule has 396 valence electrons. The molecule has 2 unspecified atom stereocenters. The largest absolute Gasteiger partial charge is 0.307 e. The van der Waals surface area contributed by atoms with Crippen molar-refractivity contribution in [2.75, 3.05) is 22.9 Å². The van der Waals surface area contributed by atoms with Crippen LogP contribution in [0.2, 0.25) is 0 Å². The molecule has 0 fully saturated rings. The lowest BCUT2D eigenvalue weighted by Crippen LogP contribution is -2.34. The summed E-state index contributed by atoms with van der Waals surface area (Å²) in [6.07, 6.45) is 38.2. The molecule has 0 radical (unpaired) electrons. The average Bonchev–Trinajstić information content (AvgIpc) is 4.12. The van der Waals surface area contributed by atoms with Gasteiger partial charge in [-0.2, -0.15) is 0 Å². The Labute approximate surface area is 448 Å². The molecular formula is C66H98N2O2S2. The first kappa shape index (κ1) is 57.8. The second-order valence-corrected chi connectivity index (χ2v) is 24.5. The second kappa shape index (κ2) is 30.8. The van der Waals surface area contributed by atoms with Gasteiger partial charge in [-0.15, -0.1) is 22.7 Å². The summed E-state index contributed by atoms with van der Waals surface area (Å²) in [6, 6.07) is 18.2. The normalized spacial score (nSPS) is 15.3. The van der Waals surface area contributed by atoms with E-state index in [-0.39, 0.29) is 11.8 Å². The summed E-state index contributed by atoms with van der Waals surface area (Å²) in [5, 5.41) is 0. The van der Waals surface area contributed by atoms with Crippen molar-refractivity contribution in [1.82, 2.24) is 0 Å². The van der Waals surface area contributed by atoms with E-state index in [1.54, 1.807) is 0 Å². The van der Waals surface area contributed by atoms with Crippen LogP contribution in [0.3, 0.4) is 0 Å². The van der Waals surface area contributed by atoms with E-state index >= 15 is 9.59 Å². The van der Waals surface area contributed by atoms with Crippen molar-refractivity contribution in [2.45, 2.75) is 248 Å². The van der Waals surface area contributed by atoms with Crippen LogP contribution in [0, 0.1) is 25.7 Å². The van der Waals surface area contributed by atoms with Crippen molar-refractivity contribution in [2.24, 2.45) is 11.8 Å². The van der Waals surface area contributed by atoms with E-state index in [2.05, 4.69) is 109 Å². The number of nitrogens with zero attached hydrogens (tertiary/aromatic N) is 2. The van der Waals surface area contributed by atoms with Gasteiger partial charge in [-0.1, -0.05) is 220 Å². The lowest BCUT2D eigenvalue weighted by Gasteiger charge is -2.24. The summed E-state index contributed by atoms with van der Waals surface area (Å²) < 4.78 is 0. The number of unbranched alkanes of at least 4 members (excludes halogenated alkanes) is 20. The minimum atomic E-state index is -0.0110. The van der Waals surface area contributed by atoms with Crippen LogP contribution in [0.1, 0.15) is 254 Å². The van der Waals surface area contributed by atoms with E-state index in [0.29, 0.717) is 36.1 Å². The van der Waals surface area contributed by atoms with Crippen molar-refractivity contribution in [3.63, 3.8) is 0 Å². The Kier molecular flexibility index (Phi) is 24.7. The predicted molar refractivity (Wildman–Crippen MR) is 318 cm³/mol. The van der Waals surface area contributed by atoms with Crippen LogP contribution >= 0.6 is 22.7 Å². The highest BCUT2D eigenvalue weighted by molar-refractivity contribution is 7.24. The van der Waals surface area contributed by atoms with Crippen LogP contribution < -0.4 is 9.80 Å². The summed E-state index contributed by atoms with van der Waals surface area (Å²) in [7, 11) is 0. The molecule has 2 atom stereocenters. The SMILES string of the molecule is CCCCCCCCCCCCc1cc(C)sc1-c1sc(-c2ccc3c(c2)N(CC(CC)CCCC)C(=O)/C3=C2/C(=O)N(CC(CC)CCCC)c3cc(C)ccc32)cc1CCCCCCCCCCCC. The number of thiophene rings is 2. The number of carbonyl (C=O) groups is 2. The van der Waals surface area contributed by atoms with Crippen LogP contribution in [-0.2, 0) is 22.4 Å². The molecule has 2 amide bonds. The van der Waals surface area contributed by atoms with E-state index in [9.17, 15) is 0 Å². The first-order valence-corrected chi connectivity index (χ1v) is 31.7. The number of amides is 2. The molecular weight excluding hydrogens is 917 g/mol. The smallest absolute Gasteiger partial charge is 0.259 e. The van der Waals surface area contributed by atoms with Crippen molar-refractivity contribution >= 4 is 57.0 Å². The van der Waals surface area contributed by atoms with Crippen molar-refractivity contribution in [3.05, 3.63) is 81.2 Å². The standard InChI is InChI=1S/C66H98N2O2S2/c1-9-15-19-21-23-25-27-29-31-33-37-54-44-50(8)71-63(54)64-55(38-34-32-30-28-26-24-22-20-16-10-2)46-60(72-64)53-40-42-57-59(45-53)68(48-52(14-6)36-18-12-4)66(70)62(57)61-56-41-39-49(7)43-58(56)67(65(61)69)47-51(13-5)35-17-11-3/h39-46,51-52H,9-38,47-48H2,1-8H3/b62-61+. The zero-order chi connectivity index (χ0) is 51.2.